The molecule has 0 heterocycles. The predicted molar refractivity (Wildman–Crippen MR) is 119 cm³/mol. The van der Waals surface area contributed by atoms with Crippen molar-refractivity contribution >= 4 is 8.32 Å². The van der Waals surface area contributed by atoms with Gasteiger partial charge in [-0.2, -0.15) is 0 Å². The van der Waals surface area contributed by atoms with Gasteiger partial charge >= 0.3 is 0 Å². The van der Waals surface area contributed by atoms with Gasteiger partial charge in [-0.15, -0.1) is 0 Å². The van der Waals surface area contributed by atoms with E-state index in [0.29, 0.717) is 5.92 Å². The second-order valence-corrected chi connectivity index (χ2v) is 14.1. The largest absolute Gasteiger partial charge is 0.543 e. The topological polar surface area (TPSA) is 27.7 Å². The van der Waals surface area contributed by atoms with Crippen molar-refractivity contribution in [3.8, 4) is 11.5 Å². The Morgan fingerprint density at radius 3 is 2.30 bits per heavy atom. The zero-order valence-corrected chi connectivity index (χ0v) is 20.2. The maximum Gasteiger partial charge on any atom is 0.250 e. The Bertz CT molecular complexity index is 638. The molecule has 1 aromatic carbocycles. The molecule has 0 aromatic heterocycles. The summed E-state index contributed by atoms with van der Waals surface area (Å²) in [4.78, 5) is 0. The van der Waals surface area contributed by atoms with Gasteiger partial charge in [-0.05, 0) is 80.9 Å². The first-order chi connectivity index (χ1) is 12.4. The van der Waals surface area contributed by atoms with Crippen molar-refractivity contribution in [2.45, 2.75) is 85.4 Å². The van der Waals surface area contributed by atoms with Crippen LogP contribution in [0.3, 0.4) is 0 Å². The maximum absolute atomic E-state index is 6.72. The van der Waals surface area contributed by atoms with Crippen LogP contribution in [0.25, 0.3) is 0 Å². The van der Waals surface area contributed by atoms with Crippen molar-refractivity contribution < 1.29 is 13.9 Å². The summed E-state index contributed by atoms with van der Waals surface area (Å²) in [5.41, 5.74) is 3.69. The predicted octanol–water partition coefficient (Wildman–Crippen LogP) is 7.21. The quantitative estimate of drug-likeness (QED) is 0.252. The van der Waals surface area contributed by atoms with Gasteiger partial charge in [0.1, 0.15) is 11.5 Å². The van der Waals surface area contributed by atoms with Crippen LogP contribution in [0.5, 0.6) is 11.5 Å². The van der Waals surface area contributed by atoms with Gasteiger partial charge in [0.15, 0.2) is 6.79 Å². The molecule has 0 aliphatic heterocycles. The molecule has 0 radical (unpaired) electrons. The van der Waals surface area contributed by atoms with Crippen LogP contribution in [0.1, 0.15) is 71.4 Å². The van der Waals surface area contributed by atoms with E-state index in [9.17, 15) is 0 Å². The van der Waals surface area contributed by atoms with Crippen LogP contribution >= 0.6 is 0 Å². The van der Waals surface area contributed by atoms with E-state index in [1.807, 2.05) is 0 Å². The van der Waals surface area contributed by atoms with E-state index < -0.39 is 8.32 Å². The average Bonchev–Trinajstić information content (AvgIpc) is 2.52. The lowest BCUT2D eigenvalue weighted by Gasteiger charge is -2.37. The number of hydrogen-bond acceptors (Lipinski definition) is 3. The van der Waals surface area contributed by atoms with Gasteiger partial charge in [-0.3, -0.25) is 0 Å². The first-order valence-corrected chi connectivity index (χ1v) is 12.9. The summed E-state index contributed by atoms with van der Waals surface area (Å²) in [5, 5.41) is 0.161. The number of rotatable bonds is 9. The van der Waals surface area contributed by atoms with Gasteiger partial charge in [-0.1, -0.05) is 39.3 Å². The smallest absolute Gasteiger partial charge is 0.250 e. The molecular weight excluding hydrogens is 352 g/mol. The monoisotopic (exact) mass is 392 g/mol. The van der Waals surface area contributed by atoms with Crippen LogP contribution < -0.4 is 9.16 Å². The van der Waals surface area contributed by atoms with E-state index in [4.69, 9.17) is 13.9 Å². The highest BCUT2D eigenvalue weighted by Crippen LogP contribution is 2.42. The lowest BCUT2D eigenvalue weighted by Crippen LogP contribution is -2.44. The molecule has 0 unspecified atom stereocenters. The Balaban J connectivity index is 3.26. The fraction of sp³-hybridized carbons (Fsp3) is 0.652. The number of benzene rings is 1. The summed E-state index contributed by atoms with van der Waals surface area (Å²) in [5.74, 6) is 2.29. The van der Waals surface area contributed by atoms with Gasteiger partial charge in [0.05, 0.1) is 0 Å². The van der Waals surface area contributed by atoms with Gasteiger partial charge in [0.25, 0.3) is 0 Å². The molecule has 0 saturated heterocycles. The second-order valence-electron chi connectivity index (χ2n) is 9.33. The second kappa shape index (κ2) is 9.79. The Hall–Kier alpha value is -1.26. The molecule has 1 atom stereocenters. The number of methoxy groups -OCH3 is 1. The minimum Gasteiger partial charge on any atom is -0.543 e. The SMILES string of the molecule is COCOc1cc([C@H](C)CCC=C(C)C)c(O[Si](C)(C)C(C)(C)C)cc1C. The van der Waals surface area contributed by atoms with E-state index in [2.05, 4.69) is 79.8 Å². The Morgan fingerprint density at radius 2 is 1.78 bits per heavy atom. The normalized spacial score (nSPS) is 13.3. The Kier molecular flexibility index (Phi) is 8.62. The fourth-order valence-corrected chi connectivity index (χ4v) is 3.67. The molecule has 0 aliphatic carbocycles. The Labute approximate surface area is 168 Å². The summed E-state index contributed by atoms with van der Waals surface area (Å²) in [6, 6.07) is 4.31. The molecule has 0 fully saturated rings. The molecule has 0 saturated carbocycles. The molecule has 3 nitrogen and oxygen atoms in total. The summed E-state index contributed by atoms with van der Waals surface area (Å²) < 4.78 is 17.6. The molecule has 0 N–H and O–H groups in total. The minimum absolute atomic E-state index is 0.161. The van der Waals surface area contributed by atoms with E-state index >= 15 is 0 Å². The number of aryl methyl sites for hydroxylation is 1. The highest BCUT2D eigenvalue weighted by molar-refractivity contribution is 6.74. The van der Waals surface area contributed by atoms with Crippen LogP contribution in [-0.4, -0.2) is 22.2 Å². The van der Waals surface area contributed by atoms with Gasteiger partial charge in [0.2, 0.25) is 8.32 Å². The summed E-state index contributed by atoms with van der Waals surface area (Å²) >= 11 is 0. The molecule has 0 amide bonds. The van der Waals surface area contributed by atoms with Gasteiger partial charge in [-0.25, -0.2) is 0 Å². The lowest BCUT2D eigenvalue weighted by atomic mass is 9.93. The lowest BCUT2D eigenvalue weighted by molar-refractivity contribution is 0.0505. The molecular formula is C23H40O3Si. The van der Waals surface area contributed by atoms with Gasteiger partial charge < -0.3 is 13.9 Å². The van der Waals surface area contributed by atoms with Crippen LogP contribution in [0, 0.1) is 6.92 Å². The third-order valence-corrected chi connectivity index (χ3v) is 9.84. The van der Waals surface area contributed by atoms with E-state index in [0.717, 1.165) is 29.9 Å². The summed E-state index contributed by atoms with van der Waals surface area (Å²) in [7, 11) is -0.269. The zero-order valence-electron chi connectivity index (χ0n) is 19.2. The minimum atomic E-state index is -1.92. The zero-order chi connectivity index (χ0) is 20.8. The average molecular weight is 393 g/mol. The van der Waals surface area contributed by atoms with E-state index in [1.165, 1.54) is 11.1 Å². The molecule has 1 rings (SSSR count). The molecule has 0 bridgehead atoms. The number of ether oxygens (including phenoxy) is 2. The molecule has 27 heavy (non-hydrogen) atoms. The van der Waals surface area contributed by atoms with Crippen molar-refractivity contribution in [2.24, 2.45) is 0 Å². The first kappa shape index (κ1) is 23.8. The summed E-state index contributed by atoms with van der Waals surface area (Å²) in [6.07, 6.45) is 4.47. The van der Waals surface area contributed by atoms with Crippen molar-refractivity contribution in [3.05, 3.63) is 34.9 Å². The maximum atomic E-state index is 6.72. The number of allylic oxidation sites excluding steroid dienone is 2. The van der Waals surface area contributed by atoms with Gasteiger partial charge in [0, 0.05) is 7.11 Å². The van der Waals surface area contributed by atoms with Crippen molar-refractivity contribution in [1.29, 1.82) is 0 Å². The molecule has 4 heteroatoms. The Morgan fingerprint density at radius 1 is 1.15 bits per heavy atom. The summed E-state index contributed by atoms with van der Waals surface area (Å²) in [6.45, 7) is 20.3. The van der Waals surface area contributed by atoms with Crippen LogP contribution in [0.15, 0.2) is 23.8 Å². The van der Waals surface area contributed by atoms with Crippen molar-refractivity contribution in [2.75, 3.05) is 13.9 Å². The standard InChI is InChI=1S/C23H40O3Si/c1-17(2)12-11-13-18(3)20-15-21(25-16-24-8)19(4)14-22(20)26-27(9,10)23(5,6)7/h12,14-15,18H,11,13,16H2,1-10H3/t18-/m1/s1. The third-order valence-electron chi connectivity index (χ3n) is 5.49. The molecule has 0 spiro atoms. The van der Waals surface area contributed by atoms with Crippen LogP contribution in [-0.2, 0) is 4.74 Å². The van der Waals surface area contributed by atoms with E-state index in [-0.39, 0.29) is 11.8 Å². The highest BCUT2D eigenvalue weighted by Gasteiger charge is 2.39. The van der Waals surface area contributed by atoms with Crippen molar-refractivity contribution in [3.63, 3.8) is 0 Å². The van der Waals surface area contributed by atoms with Crippen molar-refractivity contribution in [1.82, 2.24) is 0 Å². The highest BCUT2D eigenvalue weighted by atomic mass is 28.4. The van der Waals surface area contributed by atoms with E-state index in [1.54, 1.807) is 7.11 Å². The first-order valence-electron chi connectivity index (χ1n) is 9.97. The molecule has 1 aromatic rings. The molecule has 154 valence electrons. The third kappa shape index (κ3) is 7.00. The molecule has 0 aliphatic rings. The van der Waals surface area contributed by atoms with Crippen LogP contribution in [0.4, 0.5) is 0 Å². The number of hydrogen-bond donors (Lipinski definition) is 0. The van der Waals surface area contributed by atoms with Crippen LogP contribution in [0.2, 0.25) is 18.1 Å². The fourth-order valence-electron chi connectivity index (χ4n) is 2.63.